The van der Waals surface area contributed by atoms with Gasteiger partial charge < -0.3 is 4.74 Å². The minimum Gasteiger partial charge on any atom is -0.455 e. The van der Waals surface area contributed by atoms with Crippen LogP contribution in [0.3, 0.4) is 0 Å². The zero-order valence-corrected chi connectivity index (χ0v) is 4.29. The standard InChI is InChI=1S/C5H6O3/c6-3-4-1-2-5(7)8-4/h3-4H,1-2H2. The van der Waals surface area contributed by atoms with Crippen LogP contribution in [0.15, 0.2) is 0 Å². The highest BCUT2D eigenvalue weighted by molar-refractivity contribution is 5.76. The fraction of sp³-hybridized carbons (Fsp3) is 0.600. The second-order valence-corrected chi connectivity index (χ2v) is 1.70. The van der Waals surface area contributed by atoms with Crippen LogP contribution in [0, 0.1) is 0 Å². The van der Waals surface area contributed by atoms with Crippen LogP contribution in [0.25, 0.3) is 0 Å². The van der Waals surface area contributed by atoms with Crippen molar-refractivity contribution in [2.75, 3.05) is 0 Å². The van der Waals surface area contributed by atoms with E-state index in [0.29, 0.717) is 19.1 Å². The van der Waals surface area contributed by atoms with Crippen LogP contribution in [-0.2, 0) is 14.3 Å². The molecule has 0 saturated carbocycles. The summed E-state index contributed by atoms with van der Waals surface area (Å²) < 4.78 is 4.50. The highest BCUT2D eigenvalue weighted by Gasteiger charge is 2.21. The Morgan fingerprint density at radius 2 is 2.50 bits per heavy atom. The Hall–Kier alpha value is -0.860. The highest BCUT2D eigenvalue weighted by atomic mass is 16.6. The minimum absolute atomic E-state index is 0.262. The van der Waals surface area contributed by atoms with Gasteiger partial charge in [0.1, 0.15) is 0 Å². The molecule has 8 heavy (non-hydrogen) atoms. The quantitative estimate of drug-likeness (QED) is 0.353. The third-order valence-electron chi connectivity index (χ3n) is 1.07. The van der Waals surface area contributed by atoms with E-state index in [1.807, 2.05) is 0 Å². The second-order valence-electron chi connectivity index (χ2n) is 1.70. The molecule has 0 amide bonds. The maximum absolute atomic E-state index is 10.2. The molecule has 1 saturated heterocycles. The highest BCUT2D eigenvalue weighted by Crippen LogP contribution is 2.10. The van der Waals surface area contributed by atoms with Crippen molar-refractivity contribution in [2.45, 2.75) is 18.9 Å². The van der Waals surface area contributed by atoms with Crippen LogP contribution in [0.1, 0.15) is 12.8 Å². The molecule has 0 aromatic rings. The predicted molar refractivity (Wildman–Crippen MR) is 25.2 cm³/mol. The Morgan fingerprint density at radius 3 is 2.75 bits per heavy atom. The summed E-state index contributed by atoms with van der Waals surface area (Å²) in [6, 6.07) is 0. The molecule has 44 valence electrons. The largest absolute Gasteiger partial charge is 0.455 e. The minimum atomic E-state index is -0.456. The number of hydrogen-bond donors (Lipinski definition) is 0. The van der Waals surface area contributed by atoms with Gasteiger partial charge in [0.25, 0.3) is 0 Å². The normalized spacial score (nSPS) is 27.5. The van der Waals surface area contributed by atoms with E-state index in [4.69, 9.17) is 0 Å². The Bertz CT molecular complexity index is 119. The molecule has 3 heteroatoms. The fourth-order valence-electron chi connectivity index (χ4n) is 0.643. The average molecular weight is 114 g/mol. The van der Waals surface area contributed by atoms with Gasteiger partial charge in [0.2, 0.25) is 0 Å². The first-order chi connectivity index (χ1) is 3.83. The number of hydrogen-bond acceptors (Lipinski definition) is 3. The third kappa shape index (κ3) is 0.857. The van der Waals surface area contributed by atoms with Gasteiger partial charge in [-0.1, -0.05) is 0 Å². The van der Waals surface area contributed by atoms with Crippen molar-refractivity contribution >= 4 is 12.3 Å². The molecule has 3 nitrogen and oxygen atoms in total. The molecule has 1 unspecified atom stereocenters. The molecule has 1 aliphatic heterocycles. The van der Waals surface area contributed by atoms with E-state index in [2.05, 4.69) is 4.74 Å². The zero-order chi connectivity index (χ0) is 5.98. The number of carbonyl (C=O) groups excluding carboxylic acids is 2. The number of ether oxygens (including phenoxy) is 1. The molecular weight excluding hydrogens is 108 g/mol. The van der Waals surface area contributed by atoms with Gasteiger partial charge in [-0.15, -0.1) is 0 Å². The van der Waals surface area contributed by atoms with Crippen LogP contribution in [-0.4, -0.2) is 18.4 Å². The number of carbonyl (C=O) groups is 2. The molecular formula is C5H6O3. The van der Waals surface area contributed by atoms with E-state index >= 15 is 0 Å². The summed E-state index contributed by atoms with van der Waals surface area (Å²) >= 11 is 0. The Labute approximate surface area is 46.6 Å². The third-order valence-corrected chi connectivity index (χ3v) is 1.07. The molecule has 1 atom stereocenters. The molecule has 0 bridgehead atoms. The first-order valence-electron chi connectivity index (χ1n) is 2.47. The number of aldehydes is 1. The van der Waals surface area contributed by atoms with E-state index in [9.17, 15) is 9.59 Å². The van der Waals surface area contributed by atoms with Crippen molar-refractivity contribution in [3.8, 4) is 0 Å². The van der Waals surface area contributed by atoms with Gasteiger partial charge in [-0.3, -0.25) is 9.59 Å². The smallest absolute Gasteiger partial charge is 0.306 e. The molecule has 0 radical (unpaired) electrons. The summed E-state index contributed by atoms with van der Waals surface area (Å²) in [4.78, 5) is 20.1. The number of esters is 1. The van der Waals surface area contributed by atoms with Gasteiger partial charge >= 0.3 is 5.97 Å². The van der Waals surface area contributed by atoms with Crippen molar-refractivity contribution in [3.05, 3.63) is 0 Å². The van der Waals surface area contributed by atoms with Crippen LogP contribution in [0.4, 0.5) is 0 Å². The second kappa shape index (κ2) is 1.94. The summed E-state index contributed by atoms with van der Waals surface area (Å²) in [7, 11) is 0. The summed E-state index contributed by atoms with van der Waals surface area (Å²) in [5.41, 5.74) is 0. The Balaban J connectivity index is 2.43. The van der Waals surface area contributed by atoms with Crippen molar-refractivity contribution in [2.24, 2.45) is 0 Å². The van der Waals surface area contributed by atoms with Gasteiger partial charge in [0.15, 0.2) is 12.4 Å². The molecule has 0 aromatic carbocycles. The molecule has 0 aromatic heterocycles. The first kappa shape index (κ1) is 5.28. The monoisotopic (exact) mass is 114 g/mol. The summed E-state index contributed by atoms with van der Waals surface area (Å²) in [6.07, 6.45) is 1.15. The lowest BCUT2D eigenvalue weighted by atomic mass is 10.3. The number of rotatable bonds is 1. The lowest BCUT2D eigenvalue weighted by Crippen LogP contribution is -2.06. The molecule has 0 aliphatic carbocycles. The van der Waals surface area contributed by atoms with E-state index in [1.54, 1.807) is 0 Å². The summed E-state index contributed by atoms with van der Waals surface area (Å²) in [5.74, 6) is -0.262. The van der Waals surface area contributed by atoms with E-state index in [0.717, 1.165) is 0 Å². The Morgan fingerprint density at radius 1 is 1.75 bits per heavy atom. The zero-order valence-electron chi connectivity index (χ0n) is 4.29. The number of cyclic esters (lactones) is 1. The van der Waals surface area contributed by atoms with Crippen molar-refractivity contribution in [1.29, 1.82) is 0 Å². The van der Waals surface area contributed by atoms with Crippen molar-refractivity contribution in [3.63, 3.8) is 0 Å². The van der Waals surface area contributed by atoms with Crippen molar-refractivity contribution in [1.82, 2.24) is 0 Å². The summed E-state index contributed by atoms with van der Waals surface area (Å²) in [6.45, 7) is 0. The molecule has 1 rings (SSSR count). The van der Waals surface area contributed by atoms with Gasteiger partial charge in [0, 0.05) is 12.8 Å². The van der Waals surface area contributed by atoms with E-state index in [1.165, 1.54) is 0 Å². The van der Waals surface area contributed by atoms with Gasteiger partial charge in [-0.05, 0) is 0 Å². The van der Waals surface area contributed by atoms with Gasteiger partial charge in [-0.25, -0.2) is 0 Å². The maximum atomic E-state index is 10.2. The maximum Gasteiger partial charge on any atom is 0.306 e. The lowest BCUT2D eigenvalue weighted by Gasteiger charge is -1.94. The van der Waals surface area contributed by atoms with Crippen LogP contribution >= 0.6 is 0 Å². The predicted octanol–water partition coefficient (Wildman–Crippen LogP) is -0.109. The van der Waals surface area contributed by atoms with E-state index < -0.39 is 6.10 Å². The molecule has 0 N–H and O–H groups in total. The molecule has 1 fully saturated rings. The molecule has 1 aliphatic rings. The molecule has 1 heterocycles. The average Bonchev–Trinajstić information content (AvgIpc) is 2.14. The first-order valence-corrected chi connectivity index (χ1v) is 2.47. The van der Waals surface area contributed by atoms with Crippen molar-refractivity contribution < 1.29 is 14.3 Å². The van der Waals surface area contributed by atoms with Crippen LogP contribution < -0.4 is 0 Å². The fourth-order valence-corrected chi connectivity index (χ4v) is 0.643. The van der Waals surface area contributed by atoms with E-state index in [-0.39, 0.29) is 5.97 Å². The van der Waals surface area contributed by atoms with Crippen LogP contribution in [0.2, 0.25) is 0 Å². The Kier molecular flexibility index (Phi) is 1.28. The van der Waals surface area contributed by atoms with Gasteiger partial charge in [-0.2, -0.15) is 0 Å². The topological polar surface area (TPSA) is 43.4 Å². The lowest BCUT2D eigenvalue weighted by molar-refractivity contribution is -0.144. The van der Waals surface area contributed by atoms with Crippen LogP contribution in [0.5, 0.6) is 0 Å². The molecule has 0 spiro atoms. The summed E-state index contributed by atoms with van der Waals surface area (Å²) in [5, 5.41) is 0. The SMILES string of the molecule is O=CC1CCC(=O)O1. The van der Waals surface area contributed by atoms with Gasteiger partial charge in [0.05, 0.1) is 0 Å².